The molecule has 0 N–H and O–H groups in total. The number of aryl methyl sites for hydroxylation is 2. The third-order valence-electron chi connectivity index (χ3n) is 5.29. The maximum absolute atomic E-state index is 12.8. The molecule has 0 heterocycles. The lowest BCUT2D eigenvalue weighted by Crippen LogP contribution is -2.18. The van der Waals surface area contributed by atoms with Crippen molar-refractivity contribution < 1.29 is 9.53 Å². The van der Waals surface area contributed by atoms with Crippen LogP contribution in [0.25, 0.3) is 0 Å². The van der Waals surface area contributed by atoms with E-state index < -0.39 is 0 Å². The van der Waals surface area contributed by atoms with Crippen LogP contribution in [0.1, 0.15) is 80.7 Å². The number of hydrogen-bond donors (Lipinski definition) is 0. The van der Waals surface area contributed by atoms with Crippen LogP contribution in [0.5, 0.6) is 5.75 Å². The smallest absolute Gasteiger partial charge is 0.318 e. The predicted octanol–water partition coefficient (Wildman–Crippen LogP) is 6.72. The maximum Gasteiger partial charge on any atom is 0.318 e. The van der Waals surface area contributed by atoms with Crippen molar-refractivity contribution in [2.24, 2.45) is 5.92 Å². The van der Waals surface area contributed by atoms with E-state index in [-0.39, 0.29) is 11.9 Å². The summed E-state index contributed by atoms with van der Waals surface area (Å²) in [5.41, 5.74) is 5.77. The Morgan fingerprint density at radius 1 is 1.00 bits per heavy atom. The van der Waals surface area contributed by atoms with Gasteiger partial charge in [-0.15, -0.1) is 0 Å². The highest BCUT2D eigenvalue weighted by molar-refractivity contribution is 5.80. The van der Waals surface area contributed by atoms with Crippen LogP contribution in [0, 0.1) is 19.8 Å². The Balaban J connectivity index is 2.21. The van der Waals surface area contributed by atoms with E-state index in [0.717, 1.165) is 35.3 Å². The van der Waals surface area contributed by atoms with Crippen molar-refractivity contribution in [3.8, 4) is 5.75 Å². The summed E-state index contributed by atoms with van der Waals surface area (Å²) < 4.78 is 5.90. The quantitative estimate of drug-likeness (QED) is 0.401. The van der Waals surface area contributed by atoms with Gasteiger partial charge in [-0.3, -0.25) is 4.79 Å². The molecule has 27 heavy (non-hydrogen) atoms. The first kappa shape index (κ1) is 21.2. The summed E-state index contributed by atoms with van der Waals surface area (Å²) in [6.07, 6.45) is 2.07. The molecule has 146 valence electrons. The van der Waals surface area contributed by atoms with Crippen molar-refractivity contribution in [1.29, 1.82) is 0 Å². The SMILES string of the molecule is CCC(C)c1c(C)cc(C)cc1OC(=O)C(C)c1ccc(CC(C)C)cc1. The molecule has 0 aliphatic rings. The van der Waals surface area contributed by atoms with E-state index in [2.05, 4.69) is 65.0 Å². The molecule has 2 nitrogen and oxygen atoms in total. The number of ether oxygens (including phenoxy) is 1. The zero-order valence-electron chi connectivity index (χ0n) is 17.9. The Kier molecular flexibility index (Phi) is 7.24. The molecule has 0 radical (unpaired) electrons. The summed E-state index contributed by atoms with van der Waals surface area (Å²) in [6.45, 7) is 14.8. The molecule has 2 aromatic rings. The van der Waals surface area contributed by atoms with Gasteiger partial charge in [-0.1, -0.05) is 58.0 Å². The Morgan fingerprint density at radius 2 is 1.63 bits per heavy atom. The zero-order valence-corrected chi connectivity index (χ0v) is 17.9. The third kappa shape index (κ3) is 5.45. The Morgan fingerprint density at radius 3 is 2.19 bits per heavy atom. The molecule has 0 aliphatic heterocycles. The van der Waals surface area contributed by atoms with Crippen LogP contribution in [-0.4, -0.2) is 5.97 Å². The average Bonchev–Trinajstić information content (AvgIpc) is 2.60. The Labute approximate surface area is 165 Å². The molecule has 0 aromatic heterocycles. The molecular formula is C25H34O2. The molecule has 2 aromatic carbocycles. The minimum atomic E-state index is -0.288. The van der Waals surface area contributed by atoms with Gasteiger partial charge in [0.15, 0.2) is 0 Å². The lowest BCUT2D eigenvalue weighted by Gasteiger charge is -2.20. The molecule has 2 rings (SSSR count). The van der Waals surface area contributed by atoms with Crippen molar-refractivity contribution in [3.05, 3.63) is 64.2 Å². The monoisotopic (exact) mass is 366 g/mol. The first-order chi connectivity index (χ1) is 12.7. The minimum Gasteiger partial charge on any atom is -0.426 e. The van der Waals surface area contributed by atoms with Crippen LogP contribution in [0.4, 0.5) is 0 Å². The van der Waals surface area contributed by atoms with Gasteiger partial charge >= 0.3 is 5.97 Å². The van der Waals surface area contributed by atoms with Crippen LogP contribution in [0.15, 0.2) is 36.4 Å². The zero-order chi connectivity index (χ0) is 20.1. The molecule has 2 unspecified atom stereocenters. The van der Waals surface area contributed by atoms with E-state index in [1.54, 1.807) is 0 Å². The van der Waals surface area contributed by atoms with Crippen molar-refractivity contribution >= 4 is 5.97 Å². The molecule has 0 saturated carbocycles. The summed E-state index contributed by atoms with van der Waals surface area (Å²) in [5.74, 6) is 1.22. The summed E-state index contributed by atoms with van der Waals surface area (Å²) in [6, 6.07) is 12.5. The molecule has 0 fully saturated rings. The molecule has 0 aliphatic carbocycles. The highest BCUT2D eigenvalue weighted by Gasteiger charge is 2.21. The fourth-order valence-electron chi connectivity index (χ4n) is 3.61. The number of benzene rings is 2. The summed E-state index contributed by atoms with van der Waals surface area (Å²) in [7, 11) is 0. The topological polar surface area (TPSA) is 26.3 Å². The van der Waals surface area contributed by atoms with Gasteiger partial charge < -0.3 is 4.74 Å². The van der Waals surface area contributed by atoms with Crippen LogP contribution >= 0.6 is 0 Å². The highest BCUT2D eigenvalue weighted by atomic mass is 16.5. The summed E-state index contributed by atoms with van der Waals surface area (Å²) in [5, 5.41) is 0. The van der Waals surface area contributed by atoms with Crippen molar-refractivity contribution in [2.45, 2.75) is 73.1 Å². The number of esters is 1. The minimum absolute atomic E-state index is 0.193. The van der Waals surface area contributed by atoms with Crippen LogP contribution in [0.3, 0.4) is 0 Å². The summed E-state index contributed by atoms with van der Waals surface area (Å²) in [4.78, 5) is 12.8. The van der Waals surface area contributed by atoms with Gasteiger partial charge in [-0.2, -0.15) is 0 Å². The summed E-state index contributed by atoms with van der Waals surface area (Å²) >= 11 is 0. The van der Waals surface area contributed by atoms with Crippen molar-refractivity contribution in [2.75, 3.05) is 0 Å². The van der Waals surface area contributed by atoms with E-state index in [4.69, 9.17) is 4.74 Å². The van der Waals surface area contributed by atoms with E-state index in [0.29, 0.717) is 11.8 Å². The van der Waals surface area contributed by atoms with Crippen LogP contribution in [0.2, 0.25) is 0 Å². The Hall–Kier alpha value is -2.09. The van der Waals surface area contributed by atoms with Gasteiger partial charge in [0, 0.05) is 5.56 Å². The number of carbonyl (C=O) groups excluding carboxylic acids is 1. The lowest BCUT2D eigenvalue weighted by molar-refractivity contribution is -0.135. The lowest BCUT2D eigenvalue weighted by atomic mass is 9.92. The standard InChI is InChI=1S/C25H34O2/c1-8-18(5)24-19(6)14-17(4)15-23(24)27-25(26)20(7)22-11-9-21(10-12-22)13-16(2)3/h9-12,14-16,18,20H,8,13H2,1-7H3. The van der Waals surface area contributed by atoms with Gasteiger partial charge in [0.1, 0.15) is 5.75 Å². The second-order valence-corrected chi connectivity index (χ2v) is 8.29. The first-order valence-electron chi connectivity index (χ1n) is 10.1. The fourth-order valence-corrected chi connectivity index (χ4v) is 3.61. The van der Waals surface area contributed by atoms with E-state index in [9.17, 15) is 4.79 Å². The molecule has 0 spiro atoms. The highest BCUT2D eigenvalue weighted by Crippen LogP contribution is 2.34. The van der Waals surface area contributed by atoms with Gasteiger partial charge in [-0.25, -0.2) is 0 Å². The van der Waals surface area contributed by atoms with Gasteiger partial charge in [-0.05, 0) is 73.8 Å². The maximum atomic E-state index is 12.8. The third-order valence-corrected chi connectivity index (χ3v) is 5.29. The molecule has 2 heteroatoms. The molecule has 0 amide bonds. The largest absolute Gasteiger partial charge is 0.426 e. The second kappa shape index (κ2) is 9.21. The van der Waals surface area contributed by atoms with Crippen LogP contribution < -0.4 is 4.74 Å². The molecule has 0 saturated heterocycles. The first-order valence-corrected chi connectivity index (χ1v) is 10.1. The van der Waals surface area contributed by atoms with E-state index in [1.165, 1.54) is 11.1 Å². The van der Waals surface area contributed by atoms with Crippen molar-refractivity contribution in [1.82, 2.24) is 0 Å². The molecular weight excluding hydrogens is 332 g/mol. The number of rotatable bonds is 7. The number of hydrogen-bond acceptors (Lipinski definition) is 2. The molecule has 2 atom stereocenters. The predicted molar refractivity (Wildman–Crippen MR) is 114 cm³/mol. The molecule has 0 bridgehead atoms. The van der Waals surface area contributed by atoms with Gasteiger partial charge in [0.25, 0.3) is 0 Å². The Bertz CT molecular complexity index is 772. The van der Waals surface area contributed by atoms with Crippen LogP contribution in [-0.2, 0) is 11.2 Å². The van der Waals surface area contributed by atoms with E-state index >= 15 is 0 Å². The average molecular weight is 367 g/mol. The van der Waals surface area contributed by atoms with Gasteiger partial charge in [0.2, 0.25) is 0 Å². The fraction of sp³-hybridized carbons (Fsp3) is 0.480. The normalized spacial score (nSPS) is 13.5. The number of carbonyl (C=O) groups is 1. The second-order valence-electron chi connectivity index (χ2n) is 8.29. The van der Waals surface area contributed by atoms with E-state index in [1.807, 2.05) is 19.9 Å². The van der Waals surface area contributed by atoms with Crippen molar-refractivity contribution in [3.63, 3.8) is 0 Å². The van der Waals surface area contributed by atoms with Gasteiger partial charge in [0.05, 0.1) is 5.92 Å².